The fraction of sp³-hybridized carbons (Fsp3) is 0.333. The van der Waals surface area contributed by atoms with Crippen molar-refractivity contribution in [2.24, 2.45) is 5.73 Å². The van der Waals surface area contributed by atoms with Crippen molar-refractivity contribution in [2.45, 2.75) is 25.8 Å². The van der Waals surface area contributed by atoms with E-state index >= 15 is 0 Å². The summed E-state index contributed by atoms with van der Waals surface area (Å²) in [6, 6.07) is 5.42. The Hall–Kier alpha value is -1.96. The summed E-state index contributed by atoms with van der Waals surface area (Å²) >= 11 is 0. The molecule has 5 N–H and O–H groups in total. The van der Waals surface area contributed by atoms with E-state index in [9.17, 15) is 14.8 Å². The Kier molecular flexibility index (Phi) is 4.60. The van der Waals surface area contributed by atoms with Crippen molar-refractivity contribution in [3.05, 3.63) is 35.0 Å². The van der Waals surface area contributed by atoms with Crippen molar-refractivity contribution in [2.75, 3.05) is 0 Å². The van der Waals surface area contributed by atoms with E-state index in [1.54, 1.807) is 13.8 Å². The van der Waals surface area contributed by atoms with Gasteiger partial charge in [-0.25, -0.2) is 5.21 Å². The third-order valence-electron chi connectivity index (χ3n) is 3.03. The standard InChI is InChI=1S/C12H17N3O4/c1-3-12(2,11(13)17)14-10(16)8-4-6-9(7-5-8)15(18)19/h4-7,15,18H,3H2,1-2H3,(H2,13,17)(H,14,16)/t12-/m0/s1. The molecule has 2 atom stereocenters. The zero-order valence-electron chi connectivity index (χ0n) is 10.8. The van der Waals surface area contributed by atoms with Crippen LogP contribution in [0.4, 0.5) is 5.69 Å². The highest BCUT2D eigenvalue weighted by Gasteiger charge is 2.31. The van der Waals surface area contributed by atoms with Gasteiger partial charge in [0.1, 0.15) is 5.54 Å². The fourth-order valence-corrected chi connectivity index (χ4v) is 1.41. The summed E-state index contributed by atoms with van der Waals surface area (Å²) in [5.74, 6) is -1.09. The van der Waals surface area contributed by atoms with Gasteiger partial charge < -0.3 is 16.3 Å². The Labute approximate surface area is 110 Å². The maximum atomic E-state index is 11.9. The van der Waals surface area contributed by atoms with Crippen LogP contribution < -0.4 is 16.3 Å². The lowest BCUT2D eigenvalue weighted by Crippen LogP contribution is -2.99. The van der Waals surface area contributed by atoms with E-state index in [0.717, 1.165) is 0 Å². The maximum absolute atomic E-state index is 11.9. The first-order valence-electron chi connectivity index (χ1n) is 5.76. The van der Waals surface area contributed by atoms with Crippen molar-refractivity contribution in [1.82, 2.24) is 5.32 Å². The normalized spacial score (nSPS) is 15.4. The van der Waals surface area contributed by atoms with Crippen LogP contribution in [0.1, 0.15) is 30.6 Å². The Morgan fingerprint density at radius 3 is 2.32 bits per heavy atom. The van der Waals surface area contributed by atoms with Gasteiger partial charge in [0.25, 0.3) is 5.91 Å². The van der Waals surface area contributed by atoms with Crippen LogP contribution in [0.25, 0.3) is 0 Å². The maximum Gasteiger partial charge on any atom is 0.252 e. The van der Waals surface area contributed by atoms with Gasteiger partial charge in [0.2, 0.25) is 5.91 Å². The van der Waals surface area contributed by atoms with E-state index in [-0.39, 0.29) is 11.3 Å². The number of primary amides is 1. The van der Waals surface area contributed by atoms with E-state index < -0.39 is 22.6 Å². The number of benzene rings is 1. The summed E-state index contributed by atoms with van der Waals surface area (Å²) in [5.41, 5.74) is 4.47. The van der Waals surface area contributed by atoms with E-state index in [4.69, 9.17) is 10.9 Å². The minimum atomic E-state index is -1.12. The first kappa shape index (κ1) is 15.1. The molecule has 0 aliphatic heterocycles. The van der Waals surface area contributed by atoms with Gasteiger partial charge in [-0.1, -0.05) is 6.92 Å². The lowest BCUT2D eigenvalue weighted by Gasteiger charge is -2.25. The molecular formula is C12H17N3O4. The van der Waals surface area contributed by atoms with E-state index in [1.165, 1.54) is 24.3 Å². The predicted octanol–water partition coefficient (Wildman–Crippen LogP) is -0.526. The van der Waals surface area contributed by atoms with Crippen LogP contribution >= 0.6 is 0 Å². The molecule has 7 heteroatoms. The largest absolute Gasteiger partial charge is 0.595 e. The number of hydrogen-bond donors (Lipinski definition) is 4. The monoisotopic (exact) mass is 267 g/mol. The molecule has 0 heterocycles. The SMILES string of the molecule is CC[C@](C)(NC(=O)c1ccc([NH+]([O-])O)cc1)C(N)=O. The topological polar surface area (TPSA) is 120 Å². The van der Waals surface area contributed by atoms with Crippen LogP contribution in [-0.4, -0.2) is 22.6 Å². The van der Waals surface area contributed by atoms with Crippen molar-refractivity contribution < 1.29 is 20.0 Å². The van der Waals surface area contributed by atoms with Crippen molar-refractivity contribution in [3.8, 4) is 0 Å². The van der Waals surface area contributed by atoms with Gasteiger partial charge in [-0.15, -0.1) is 0 Å². The Balaban J connectivity index is 2.86. The molecule has 7 nitrogen and oxygen atoms in total. The molecule has 104 valence electrons. The number of hydrogen-bond acceptors (Lipinski definition) is 4. The van der Waals surface area contributed by atoms with E-state index in [2.05, 4.69) is 5.32 Å². The smallest absolute Gasteiger partial charge is 0.252 e. The second-order valence-corrected chi connectivity index (χ2v) is 4.39. The molecule has 0 aromatic heterocycles. The first-order valence-corrected chi connectivity index (χ1v) is 5.76. The van der Waals surface area contributed by atoms with Gasteiger partial charge in [0, 0.05) is 17.7 Å². The summed E-state index contributed by atoms with van der Waals surface area (Å²) in [6.45, 7) is 3.28. The molecule has 0 radical (unpaired) electrons. The molecule has 0 saturated carbocycles. The third kappa shape index (κ3) is 3.50. The summed E-state index contributed by atoms with van der Waals surface area (Å²) in [6.07, 6.45) is 0.362. The fourth-order valence-electron chi connectivity index (χ4n) is 1.41. The lowest BCUT2D eigenvalue weighted by atomic mass is 9.97. The number of nitrogens with two attached hydrogens (primary N) is 1. The molecule has 19 heavy (non-hydrogen) atoms. The van der Waals surface area contributed by atoms with Crippen LogP contribution in [0.15, 0.2) is 24.3 Å². The Morgan fingerprint density at radius 2 is 1.95 bits per heavy atom. The van der Waals surface area contributed by atoms with Crippen LogP contribution in [-0.2, 0) is 4.79 Å². The average molecular weight is 267 g/mol. The highest BCUT2D eigenvalue weighted by atomic mass is 16.8. The van der Waals surface area contributed by atoms with E-state index in [1.807, 2.05) is 0 Å². The van der Waals surface area contributed by atoms with Gasteiger partial charge in [-0.05, 0) is 25.5 Å². The molecule has 0 fully saturated rings. The molecule has 0 aliphatic rings. The quantitative estimate of drug-likeness (QED) is 0.536. The molecule has 0 spiro atoms. The van der Waals surface area contributed by atoms with Crippen LogP contribution in [0.5, 0.6) is 0 Å². The summed E-state index contributed by atoms with van der Waals surface area (Å²) in [4.78, 5) is 23.2. The molecule has 1 aromatic carbocycles. The molecule has 1 unspecified atom stereocenters. The van der Waals surface area contributed by atoms with Gasteiger partial charge in [-0.3, -0.25) is 9.59 Å². The van der Waals surface area contributed by atoms with Gasteiger partial charge in [-0.2, -0.15) is 5.23 Å². The Bertz CT molecular complexity index is 472. The summed E-state index contributed by atoms with van der Waals surface area (Å²) < 4.78 is 0. The molecule has 0 aliphatic carbocycles. The molecule has 0 bridgehead atoms. The van der Waals surface area contributed by atoms with Crippen molar-refractivity contribution in [1.29, 1.82) is 0 Å². The highest BCUT2D eigenvalue weighted by Crippen LogP contribution is 2.11. The molecule has 1 aromatic rings. The van der Waals surface area contributed by atoms with Gasteiger partial charge in [0.05, 0.1) is 0 Å². The predicted molar refractivity (Wildman–Crippen MR) is 67.6 cm³/mol. The Morgan fingerprint density at radius 1 is 1.42 bits per heavy atom. The summed E-state index contributed by atoms with van der Waals surface area (Å²) in [5, 5.41) is 20.9. The molecule has 1 rings (SSSR count). The number of rotatable bonds is 5. The van der Waals surface area contributed by atoms with Crippen molar-refractivity contribution >= 4 is 17.5 Å². The minimum Gasteiger partial charge on any atom is -0.595 e. The number of carbonyl (C=O) groups excluding carboxylic acids is 2. The second kappa shape index (κ2) is 5.79. The molecule has 0 saturated heterocycles. The first-order chi connectivity index (χ1) is 8.80. The lowest BCUT2D eigenvalue weighted by molar-refractivity contribution is -0.991. The van der Waals surface area contributed by atoms with E-state index in [0.29, 0.717) is 6.42 Å². The zero-order chi connectivity index (χ0) is 14.6. The summed E-state index contributed by atoms with van der Waals surface area (Å²) in [7, 11) is 0. The average Bonchev–Trinajstić information content (AvgIpc) is 2.38. The van der Waals surface area contributed by atoms with Crippen molar-refractivity contribution in [3.63, 3.8) is 0 Å². The van der Waals surface area contributed by atoms with Crippen LogP contribution in [0, 0.1) is 5.21 Å². The minimum absolute atomic E-state index is 0.0877. The van der Waals surface area contributed by atoms with Crippen LogP contribution in [0.2, 0.25) is 0 Å². The number of carbonyl (C=O) groups is 2. The second-order valence-electron chi connectivity index (χ2n) is 4.39. The number of quaternary nitrogens is 1. The van der Waals surface area contributed by atoms with Crippen LogP contribution in [0.3, 0.4) is 0 Å². The highest BCUT2D eigenvalue weighted by molar-refractivity contribution is 5.98. The third-order valence-corrected chi connectivity index (χ3v) is 3.03. The zero-order valence-corrected chi connectivity index (χ0v) is 10.8. The molecule has 2 amide bonds. The molecular weight excluding hydrogens is 250 g/mol. The van der Waals surface area contributed by atoms with Gasteiger partial charge in [0.15, 0.2) is 5.69 Å². The van der Waals surface area contributed by atoms with Gasteiger partial charge >= 0.3 is 0 Å². The number of amides is 2. The number of nitrogens with one attached hydrogen (secondary N) is 2.